The Morgan fingerprint density at radius 2 is 2.10 bits per heavy atom. The number of hydrogen-bond donors (Lipinski definition) is 2. The van der Waals surface area contributed by atoms with Gasteiger partial charge < -0.3 is 5.32 Å². The summed E-state index contributed by atoms with van der Waals surface area (Å²) in [7, 11) is 0. The maximum absolute atomic E-state index is 11.6. The summed E-state index contributed by atoms with van der Waals surface area (Å²) in [6.45, 7) is 1.83. The highest BCUT2D eigenvalue weighted by atomic mass is 16.6. The van der Waals surface area contributed by atoms with Crippen molar-refractivity contribution in [2.75, 3.05) is 5.32 Å². The first-order valence-electron chi connectivity index (χ1n) is 5.80. The average molecular weight is 272 g/mol. The summed E-state index contributed by atoms with van der Waals surface area (Å²) in [5.41, 5.74) is 1.56. The van der Waals surface area contributed by atoms with Crippen LogP contribution < -0.4 is 5.32 Å². The van der Waals surface area contributed by atoms with Crippen LogP contribution in [0.1, 0.15) is 11.3 Å². The van der Waals surface area contributed by atoms with E-state index in [1.807, 2.05) is 6.92 Å². The molecule has 0 saturated heterocycles. The number of nitro benzene ring substituents is 1. The zero-order valence-electron chi connectivity index (χ0n) is 10.7. The zero-order valence-corrected chi connectivity index (χ0v) is 10.7. The maximum Gasteiger partial charge on any atom is 0.269 e. The van der Waals surface area contributed by atoms with Gasteiger partial charge in [-0.05, 0) is 30.7 Å². The van der Waals surface area contributed by atoms with Gasteiger partial charge in [0.15, 0.2) is 5.82 Å². The van der Waals surface area contributed by atoms with Gasteiger partial charge in [-0.1, -0.05) is 0 Å². The Bertz CT molecular complexity index is 659. The summed E-state index contributed by atoms with van der Waals surface area (Å²) in [5, 5.41) is 19.7. The molecule has 0 spiro atoms. The Labute approximate surface area is 114 Å². The quantitative estimate of drug-likeness (QED) is 0.506. The lowest BCUT2D eigenvalue weighted by Gasteiger charge is -1.96. The first-order chi connectivity index (χ1) is 9.54. The van der Waals surface area contributed by atoms with Crippen molar-refractivity contribution >= 4 is 23.5 Å². The molecule has 0 aliphatic heterocycles. The molecule has 0 fully saturated rings. The van der Waals surface area contributed by atoms with Crippen LogP contribution >= 0.6 is 0 Å². The number of aryl methyl sites for hydroxylation is 1. The molecule has 20 heavy (non-hydrogen) atoms. The fourth-order valence-corrected chi connectivity index (χ4v) is 1.53. The summed E-state index contributed by atoms with van der Waals surface area (Å²) < 4.78 is 0. The Balaban J connectivity index is 1.98. The summed E-state index contributed by atoms with van der Waals surface area (Å²) in [6.07, 6.45) is 2.91. The zero-order chi connectivity index (χ0) is 14.5. The summed E-state index contributed by atoms with van der Waals surface area (Å²) in [6, 6.07) is 7.61. The first-order valence-corrected chi connectivity index (χ1v) is 5.80. The van der Waals surface area contributed by atoms with E-state index in [2.05, 4.69) is 15.5 Å². The van der Waals surface area contributed by atoms with Crippen LogP contribution in [-0.4, -0.2) is 21.0 Å². The number of carbonyl (C=O) groups is 1. The second-order valence-corrected chi connectivity index (χ2v) is 4.11. The molecule has 0 unspecified atom stereocenters. The number of amides is 1. The Morgan fingerprint density at radius 3 is 2.65 bits per heavy atom. The van der Waals surface area contributed by atoms with Gasteiger partial charge in [-0.3, -0.25) is 20.0 Å². The number of H-pyrrole nitrogens is 1. The summed E-state index contributed by atoms with van der Waals surface area (Å²) in [4.78, 5) is 21.6. The Hall–Kier alpha value is -2.96. The van der Waals surface area contributed by atoms with E-state index < -0.39 is 4.92 Å². The molecule has 7 heteroatoms. The van der Waals surface area contributed by atoms with E-state index in [0.717, 1.165) is 5.69 Å². The van der Waals surface area contributed by atoms with Gasteiger partial charge in [-0.2, -0.15) is 5.10 Å². The standard InChI is InChI=1S/C13H12N4O3/c1-9-8-12(16-15-9)14-13(18)7-4-10-2-5-11(6-3-10)17(19)20/h2-8H,1H3,(H2,14,15,16,18)/b7-4+. The van der Waals surface area contributed by atoms with Gasteiger partial charge in [0.25, 0.3) is 5.69 Å². The highest BCUT2D eigenvalue weighted by Gasteiger charge is 2.03. The van der Waals surface area contributed by atoms with Crippen molar-refractivity contribution in [3.8, 4) is 0 Å². The molecule has 2 rings (SSSR count). The summed E-state index contributed by atoms with van der Waals surface area (Å²) >= 11 is 0. The number of non-ortho nitro benzene ring substituents is 1. The van der Waals surface area contributed by atoms with Gasteiger partial charge in [0, 0.05) is 30.0 Å². The molecule has 7 nitrogen and oxygen atoms in total. The van der Waals surface area contributed by atoms with Gasteiger partial charge in [0.2, 0.25) is 5.91 Å². The lowest BCUT2D eigenvalue weighted by atomic mass is 10.2. The number of benzene rings is 1. The number of nitrogens with zero attached hydrogens (tertiary/aromatic N) is 2. The van der Waals surface area contributed by atoms with Crippen LogP contribution in [0.15, 0.2) is 36.4 Å². The molecule has 0 saturated carbocycles. The second-order valence-electron chi connectivity index (χ2n) is 4.11. The van der Waals surface area contributed by atoms with Crippen molar-refractivity contribution in [3.63, 3.8) is 0 Å². The highest BCUT2D eigenvalue weighted by molar-refractivity contribution is 6.01. The number of rotatable bonds is 4. The number of aromatic amines is 1. The summed E-state index contributed by atoms with van der Waals surface area (Å²) in [5.74, 6) is 0.121. The second kappa shape index (κ2) is 5.79. The lowest BCUT2D eigenvalue weighted by molar-refractivity contribution is -0.384. The van der Waals surface area contributed by atoms with Crippen molar-refractivity contribution in [1.82, 2.24) is 10.2 Å². The monoisotopic (exact) mass is 272 g/mol. The van der Waals surface area contributed by atoms with Gasteiger partial charge in [-0.15, -0.1) is 0 Å². The number of aromatic nitrogens is 2. The van der Waals surface area contributed by atoms with E-state index in [9.17, 15) is 14.9 Å². The van der Waals surface area contributed by atoms with Crippen LogP contribution in [0, 0.1) is 17.0 Å². The van der Waals surface area contributed by atoms with E-state index in [4.69, 9.17) is 0 Å². The molecule has 0 aliphatic rings. The van der Waals surface area contributed by atoms with E-state index in [1.54, 1.807) is 24.3 Å². The van der Waals surface area contributed by atoms with Gasteiger partial charge in [0.1, 0.15) is 0 Å². The minimum Gasteiger partial charge on any atom is -0.306 e. The molecule has 0 atom stereocenters. The van der Waals surface area contributed by atoms with Crippen LogP contribution in [-0.2, 0) is 4.79 Å². The van der Waals surface area contributed by atoms with Crippen molar-refractivity contribution in [2.45, 2.75) is 6.92 Å². The molecule has 0 bridgehead atoms. The molecule has 0 radical (unpaired) electrons. The first kappa shape index (κ1) is 13.5. The lowest BCUT2D eigenvalue weighted by Crippen LogP contribution is -2.07. The molecule has 2 aromatic rings. The van der Waals surface area contributed by atoms with Gasteiger partial charge in [-0.25, -0.2) is 0 Å². The Morgan fingerprint density at radius 1 is 1.40 bits per heavy atom. The number of carbonyl (C=O) groups excluding carboxylic acids is 1. The number of anilines is 1. The van der Waals surface area contributed by atoms with Gasteiger partial charge in [0.05, 0.1) is 4.92 Å². The topological polar surface area (TPSA) is 101 Å². The fourth-order valence-electron chi connectivity index (χ4n) is 1.53. The third-order valence-corrected chi connectivity index (χ3v) is 2.49. The molecule has 1 aromatic carbocycles. The van der Waals surface area contributed by atoms with Crippen LogP contribution in [0.5, 0.6) is 0 Å². The third kappa shape index (κ3) is 3.52. The fraction of sp³-hybridized carbons (Fsp3) is 0.0769. The van der Waals surface area contributed by atoms with Gasteiger partial charge >= 0.3 is 0 Å². The molecule has 1 amide bonds. The molecule has 1 aromatic heterocycles. The SMILES string of the molecule is Cc1cc(NC(=O)/C=C/c2ccc([N+](=O)[O-])cc2)n[nH]1. The Kier molecular flexibility index (Phi) is 3.90. The molecule has 1 heterocycles. The number of nitrogens with one attached hydrogen (secondary N) is 2. The number of nitro groups is 1. The van der Waals surface area contributed by atoms with Crippen molar-refractivity contribution in [3.05, 3.63) is 57.8 Å². The molecule has 0 aliphatic carbocycles. The maximum atomic E-state index is 11.6. The molecule has 102 valence electrons. The largest absolute Gasteiger partial charge is 0.306 e. The van der Waals surface area contributed by atoms with Crippen LogP contribution in [0.3, 0.4) is 0 Å². The predicted octanol–water partition coefficient (Wildman–Crippen LogP) is 2.28. The molecular formula is C13H12N4O3. The van der Waals surface area contributed by atoms with E-state index >= 15 is 0 Å². The minimum atomic E-state index is -0.472. The van der Waals surface area contributed by atoms with Crippen LogP contribution in [0.25, 0.3) is 6.08 Å². The smallest absolute Gasteiger partial charge is 0.269 e. The van der Waals surface area contributed by atoms with Crippen molar-refractivity contribution < 1.29 is 9.72 Å². The highest BCUT2D eigenvalue weighted by Crippen LogP contribution is 2.13. The van der Waals surface area contributed by atoms with E-state index in [0.29, 0.717) is 11.4 Å². The third-order valence-electron chi connectivity index (χ3n) is 2.49. The number of hydrogen-bond acceptors (Lipinski definition) is 4. The van der Waals surface area contributed by atoms with Crippen LogP contribution in [0.4, 0.5) is 11.5 Å². The predicted molar refractivity (Wildman–Crippen MR) is 74.1 cm³/mol. The van der Waals surface area contributed by atoms with E-state index in [-0.39, 0.29) is 11.6 Å². The average Bonchev–Trinajstić information content (AvgIpc) is 2.82. The normalized spacial score (nSPS) is 10.7. The van der Waals surface area contributed by atoms with Crippen molar-refractivity contribution in [2.24, 2.45) is 0 Å². The molecular weight excluding hydrogens is 260 g/mol. The van der Waals surface area contributed by atoms with Crippen LogP contribution in [0.2, 0.25) is 0 Å². The minimum absolute atomic E-state index is 0.0126. The van der Waals surface area contributed by atoms with E-state index in [1.165, 1.54) is 18.2 Å². The molecule has 2 N–H and O–H groups in total. The van der Waals surface area contributed by atoms with Crippen molar-refractivity contribution in [1.29, 1.82) is 0 Å².